The number of likely N-dealkylation sites (N-methyl/N-ethyl adjacent to an activating group) is 1. The fourth-order valence-corrected chi connectivity index (χ4v) is 5.32. The highest BCUT2D eigenvalue weighted by Crippen LogP contribution is 2.49. The average molecular weight is 442 g/mol. The van der Waals surface area contributed by atoms with Crippen LogP contribution in [0, 0.1) is 17.3 Å². The number of carbonyl (C=O) groups excluding carboxylic acids is 1. The number of likely N-dealkylation sites (tertiary alicyclic amines) is 1. The summed E-state index contributed by atoms with van der Waals surface area (Å²) < 4.78 is 42.2. The smallest absolute Gasteiger partial charge is 0.357 e. The first-order valence-electron chi connectivity index (χ1n) is 11.2. The van der Waals surface area contributed by atoms with Crippen LogP contribution in [-0.2, 0) is 17.4 Å². The summed E-state index contributed by atoms with van der Waals surface area (Å²) in [6.45, 7) is 8.48. The van der Waals surface area contributed by atoms with E-state index in [1.807, 2.05) is 13.8 Å². The number of amides is 1. The Balaban J connectivity index is 1.84. The fourth-order valence-electron chi connectivity index (χ4n) is 5.32. The van der Waals surface area contributed by atoms with Crippen LogP contribution < -0.4 is 10.9 Å². The first-order valence-corrected chi connectivity index (χ1v) is 11.2. The van der Waals surface area contributed by atoms with Gasteiger partial charge in [0.1, 0.15) is 6.04 Å². The molecular weight excluding hydrogens is 407 g/mol. The Morgan fingerprint density at radius 2 is 2.00 bits per heavy atom. The highest BCUT2D eigenvalue weighted by atomic mass is 19.4. The number of nitrogens with one attached hydrogen (secondary N) is 1. The second-order valence-corrected chi connectivity index (χ2v) is 9.83. The van der Waals surface area contributed by atoms with Crippen molar-refractivity contribution in [3.05, 3.63) is 33.7 Å². The normalized spacial score (nSPS) is 22.0. The maximum atomic E-state index is 13.7. The summed E-state index contributed by atoms with van der Waals surface area (Å²) >= 11 is 0. The van der Waals surface area contributed by atoms with Crippen LogP contribution in [0.25, 0.3) is 0 Å². The van der Waals surface area contributed by atoms with Crippen molar-refractivity contribution >= 4 is 5.91 Å². The molecule has 0 bridgehead atoms. The number of hydrogen-bond acceptors (Lipinski definition) is 3. The van der Waals surface area contributed by atoms with E-state index in [9.17, 15) is 22.8 Å². The van der Waals surface area contributed by atoms with Crippen molar-refractivity contribution in [3.8, 4) is 0 Å². The second-order valence-electron chi connectivity index (χ2n) is 9.83. The summed E-state index contributed by atoms with van der Waals surface area (Å²) in [6.07, 6.45) is 0.888. The highest BCUT2D eigenvalue weighted by Gasteiger charge is 2.48. The molecule has 2 heterocycles. The number of aromatic nitrogens is 1. The molecule has 1 amide bonds. The van der Waals surface area contributed by atoms with Crippen LogP contribution in [-0.4, -0.2) is 42.1 Å². The molecule has 2 atom stereocenters. The van der Waals surface area contributed by atoms with Gasteiger partial charge in [0.25, 0.3) is 5.56 Å². The van der Waals surface area contributed by atoms with E-state index < -0.39 is 23.3 Å². The summed E-state index contributed by atoms with van der Waals surface area (Å²) in [6, 6.07) is -0.174. The molecule has 0 radical (unpaired) electrons. The Labute approximate surface area is 182 Å². The van der Waals surface area contributed by atoms with E-state index in [0.29, 0.717) is 30.4 Å². The Kier molecular flexibility index (Phi) is 6.89. The lowest BCUT2D eigenvalue weighted by molar-refractivity contribution is -0.138. The van der Waals surface area contributed by atoms with Gasteiger partial charge >= 0.3 is 6.18 Å². The number of pyridine rings is 1. The van der Waals surface area contributed by atoms with E-state index >= 15 is 0 Å². The Hall–Kier alpha value is -1.83. The van der Waals surface area contributed by atoms with Crippen LogP contribution in [0.1, 0.15) is 63.6 Å². The molecule has 1 saturated carbocycles. The minimum atomic E-state index is -4.61. The minimum Gasteiger partial charge on any atom is -0.357 e. The van der Waals surface area contributed by atoms with E-state index in [2.05, 4.69) is 17.1 Å². The third kappa shape index (κ3) is 4.99. The Bertz CT molecular complexity index is 857. The zero-order valence-corrected chi connectivity index (χ0v) is 18.9. The molecule has 1 saturated heterocycles. The van der Waals surface area contributed by atoms with E-state index in [0.717, 1.165) is 13.1 Å². The van der Waals surface area contributed by atoms with E-state index in [4.69, 9.17) is 0 Å². The molecule has 1 aromatic heterocycles. The van der Waals surface area contributed by atoms with Gasteiger partial charge in [0.15, 0.2) is 0 Å². The maximum absolute atomic E-state index is 13.7. The molecule has 2 aliphatic rings. The van der Waals surface area contributed by atoms with Gasteiger partial charge in [0.05, 0.1) is 5.56 Å². The number of carbonyl (C=O) groups is 1. The van der Waals surface area contributed by atoms with Crippen molar-refractivity contribution in [2.24, 2.45) is 17.3 Å². The second kappa shape index (κ2) is 8.96. The van der Waals surface area contributed by atoms with Crippen molar-refractivity contribution in [1.82, 2.24) is 14.8 Å². The summed E-state index contributed by atoms with van der Waals surface area (Å²) in [5.41, 5.74) is -1.27. The number of halogens is 3. The van der Waals surface area contributed by atoms with Gasteiger partial charge in [-0.05, 0) is 42.1 Å². The lowest BCUT2D eigenvalue weighted by Crippen LogP contribution is -2.57. The highest BCUT2D eigenvalue weighted by molar-refractivity contribution is 5.80. The Morgan fingerprint density at radius 1 is 1.32 bits per heavy atom. The van der Waals surface area contributed by atoms with Gasteiger partial charge in [-0.1, -0.05) is 33.6 Å². The standard InChI is InChI=1S/C23H34F3N3O2/c1-15(2)10-19(21(31)27-4)29-12-17(18(11-20(29)30)23(24,25)26)7-9-28-13-22(14-28)8-5-6-16(22)3/h11-12,15-16,19H,5-10,13-14H2,1-4H3,(H,27,31). The van der Waals surface area contributed by atoms with E-state index in [-0.39, 0.29) is 23.8 Å². The fraction of sp³-hybridized carbons (Fsp3) is 0.739. The molecule has 174 valence electrons. The van der Waals surface area contributed by atoms with E-state index in [1.165, 1.54) is 37.1 Å². The van der Waals surface area contributed by atoms with Crippen LogP contribution >= 0.6 is 0 Å². The molecular formula is C23H34F3N3O2. The lowest BCUT2D eigenvalue weighted by Gasteiger charge is -2.51. The lowest BCUT2D eigenvalue weighted by atomic mass is 9.72. The van der Waals surface area contributed by atoms with Crippen molar-refractivity contribution < 1.29 is 18.0 Å². The predicted octanol–water partition coefficient (Wildman–Crippen LogP) is 3.86. The van der Waals surface area contributed by atoms with Crippen LogP contribution in [0.5, 0.6) is 0 Å². The van der Waals surface area contributed by atoms with Crippen molar-refractivity contribution in [1.29, 1.82) is 0 Å². The van der Waals surface area contributed by atoms with Gasteiger partial charge in [0.2, 0.25) is 5.91 Å². The number of rotatable bonds is 7. The van der Waals surface area contributed by atoms with Crippen LogP contribution in [0.4, 0.5) is 13.2 Å². The van der Waals surface area contributed by atoms with Gasteiger partial charge in [-0.25, -0.2) is 0 Å². The first-order chi connectivity index (χ1) is 14.5. The molecule has 1 aliphatic carbocycles. The first kappa shape index (κ1) is 23.8. The zero-order valence-electron chi connectivity index (χ0n) is 18.9. The summed E-state index contributed by atoms with van der Waals surface area (Å²) in [5.74, 6) is 0.396. The molecule has 1 N–H and O–H groups in total. The van der Waals surface area contributed by atoms with Crippen molar-refractivity contribution in [3.63, 3.8) is 0 Å². The summed E-state index contributed by atoms with van der Waals surface area (Å²) in [5, 5.41) is 2.53. The van der Waals surface area contributed by atoms with Crippen LogP contribution in [0.15, 0.2) is 17.1 Å². The molecule has 1 aliphatic heterocycles. The molecule has 5 nitrogen and oxygen atoms in total. The predicted molar refractivity (Wildman–Crippen MR) is 114 cm³/mol. The van der Waals surface area contributed by atoms with Crippen LogP contribution in [0.2, 0.25) is 0 Å². The third-order valence-electron chi connectivity index (χ3n) is 7.18. The Morgan fingerprint density at radius 3 is 2.52 bits per heavy atom. The molecule has 1 aromatic rings. The maximum Gasteiger partial charge on any atom is 0.416 e. The topological polar surface area (TPSA) is 54.3 Å². The molecule has 0 aromatic carbocycles. The van der Waals surface area contributed by atoms with Gasteiger partial charge in [-0.15, -0.1) is 0 Å². The molecule has 2 fully saturated rings. The van der Waals surface area contributed by atoms with Crippen molar-refractivity contribution in [2.45, 2.75) is 65.1 Å². The molecule has 31 heavy (non-hydrogen) atoms. The van der Waals surface area contributed by atoms with Gasteiger partial charge in [-0.3, -0.25) is 9.59 Å². The molecule has 8 heteroatoms. The number of alkyl halides is 3. The SMILES string of the molecule is CNC(=O)C(CC(C)C)n1cc(CCN2CC3(CCCC3C)C2)c(C(F)(F)F)cc1=O. The molecule has 3 rings (SSSR count). The van der Waals surface area contributed by atoms with Gasteiger partial charge in [0, 0.05) is 38.9 Å². The minimum absolute atomic E-state index is 0.0742. The quantitative estimate of drug-likeness (QED) is 0.699. The van der Waals surface area contributed by atoms with E-state index in [1.54, 1.807) is 0 Å². The number of nitrogens with zero attached hydrogens (tertiary/aromatic N) is 2. The molecule has 2 unspecified atom stereocenters. The third-order valence-corrected chi connectivity index (χ3v) is 7.18. The van der Waals surface area contributed by atoms with Crippen molar-refractivity contribution in [2.75, 3.05) is 26.7 Å². The summed E-state index contributed by atoms with van der Waals surface area (Å²) in [7, 11) is 1.47. The largest absolute Gasteiger partial charge is 0.416 e. The average Bonchev–Trinajstić information content (AvgIpc) is 3.04. The van der Waals surface area contributed by atoms with Gasteiger partial charge in [-0.2, -0.15) is 13.2 Å². The van der Waals surface area contributed by atoms with Crippen LogP contribution in [0.3, 0.4) is 0 Å². The van der Waals surface area contributed by atoms with Gasteiger partial charge < -0.3 is 14.8 Å². The zero-order chi connectivity index (χ0) is 23.0. The summed E-state index contributed by atoms with van der Waals surface area (Å²) in [4.78, 5) is 27.2. The monoisotopic (exact) mass is 441 g/mol. The molecule has 1 spiro atoms. The number of hydrogen-bond donors (Lipinski definition) is 1.